The summed E-state index contributed by atoms with van der Waals surface area (Å²) in [7, 11) is -2.66. The largest absolute Gasteiger partial charge is 0.244 e. The zero-order valence-electron chi connectivity index (χ0n) is 18.6. The molecule has 1 atom stereocenters. The summed E-state index contributed by atoms with van der Waals surface area (Å²) in [6, 6.07) is 33.0. The molecule has 0 fully saturated rings. The summed E-state index contributed by atoms with van der Waals surface area (Å²) in [5.74, 6) is -1.14. The maximum absolute atomic E-state index is 17.2. The number of halogens is 1. The first-order chi connectivity index (χ1) is 15.0. The quantitative estimate of drug-likeness (QED) is 0.305. The SMILES string of the molecule is Cc1ccc([C@H](F)[P+](c2ccccc2C)(c2ccccc2C)c2ccccc2C)cc1. The molecule has 0 spiro atoms. The molecule has 0 aliphatic carbocycles. The van der Waals surface area contributed by atoms with Crippen LogP contribution in [0.25, 0.3) is 0 Å². The number of benzene rings is 4. The Morgan fingerprint density at radius 2 is 0.871 bits per heavy atom. The first-order valence-electron chi connectivity index (χ1n) is 10.7. The summed E-state index contributed by atoms with van der Waals surface area (Å²) in [6.45, 7) is 8.39. The Morgan fingerprint density at radius 3 is 1.23 bits per heavy atom. The number of alkyl halides is 1. The Hall–Kier alpha value is -2.76. The van der Waals surface area contributed by atoms with Gasteiger partial charge in [0.25, 0.3) is 0 Å². The average Bonchev–Trinajstić information content (AvgIpc) is 2.78. The average molecular weight is 428 g/mol. The lowest BCUT2D eigenvalue weighted by Gasteiger charge is -2.33. The summed E-state index contributed by atoms with van der Waals surface area (Å²) in [5, 5.41) is 3.35. The van der Waals surface area contributed by atoms with Crippen LogP contribution in [0.1, 0.15) is 33.7 Å². The van der Waals surface area contributed by atoms with Gasteiger partial charge in [-0.3, -0.25) is 0 Å². The molecule has 156 valence electrons. The van der Waals surface area contributed by atoms with Crippen LogP contribution in [-0.2, 0) is 0 Å². The summed E-state index contributed by atoms with van der Waals surface area (Å²) < 4.78 is 17.2. The second-order valence-corrected chi connectivity index (χ2v) is 11.7. The highest BCUT2D eigenvalue weighted by Crippen LogP contribution is 2.68. The number of rotatable bonds is 5. The van der Waals surface area contributed by atoms with E-state index >= 15 is 4.39 Å². The molecule has 0 nitrogen and oxygen atoms in total. The minimum atomic E-state index is -2.66. The van der Waals surface area contributed by atoms with Crippen LogP contribution in [0, 0.1) is 27.7 Å². The lowest BCUT2D eigenvalue weighted by atomic mass is 10.2. The molecule has 4 aromatic carbocycles. The smallest absolute Gasteiger partial charge is 0.196 e. The van der Waals surface area contributed by atoms with E-state index in [0.717, 1.165) is 43.7 Å². The van der Waals surface area contributed by atoms with Crippen molar-refractivity contribution in [2.75, 3.05) is 0 Å². The first-order valence-corrected chi connectivity index (χ1v) is 12.6. The molecule has 0 amide bonds. The van der Waals surface area contributed by atoms with Gasteiger partial charge in [-0.25, -0.2) is 0 Å². The van der Waals surface area contributed by atoms with Gasteiger partial charge >= 0.3 is 0 Å². The third-order valence-corrected chi connectivity index (χ3v) is 10.9. The minimum Gasteiger partial charge on any atom is -0.196 e. The molecule has 0 N–H and O–H groups in total. The van der Waals surface area contributed by atoms with Crippen LogP contribution in [0.15, 0.2) is 97.1 Å². The van der Waals surface area contributed by atoms with E-state index in [1.54, 1.807) is 0 Å². The van der Waals surface area contributed by atoms with Crippen molar-refractivity contribution in [3.8, 4) is 0 Å². The second kappa shape index (κ2) is 8.77. The molecule has 0 saturated heterocycles. The van der Waals surface area contributed by atoms with E-state index in [1.807, 2.05) is 49.4 Å². The molecule has 0 unspecified atom stereocenters. The molecule has 0 saturated carbocycles. The summed E-state index contributed by atoms with van der Waals surface area (Å²) in [4.78, 5) is 0. The van der Waals surface area contributed by atoms with Crippen LogP contribution in [-0.4, -0.2) is 0 Å². The fraction of sp³-hybridized carbons (Fsp3) is 0.172. The van der Waals surface area contributed by atoms with Crippen LogP contribution in [0.5, 0.6) is 0 Å². The topological polar surface area (TPSA) is 0 Å². The van der Waals surface area contributed by atoms with E-state index in [-0.39, 0.29) is 0 Å². The lowest BCUT2D eigenvalue weighted by Crippen LogP contribution is -2.37. The summed E-state index contributed by atoms with van der Waals surface area (Å²) >= 11 is 0. The van der Waals surface area contributed by atoms with Gasteiger partial charge in [0.15, 0.2) is 7.26 Å². The molecule has 0 heterocycles. The van der Waals surface area contributed by atoms with Crippen molar-refractivity contribution in [3.05, 3.63) is 125 Å². The van der Waals surface area contributed by atoms with Gasteiger partial charge in [0.05, 0.1) is 0 Å². The number of hydrogen-bond acceptors (Lipinski definition) is 0. The zero-order chi connectivity index (χ0) is 22.0. The Morgan fingerprint density at radius 1 is 0.516 bits per heavy atom. The number of hydrogen-bond donors (Lipinski definition) is 0. The van der Waals surface area contributed by atoms with E-state index in [4.69, 9.17) is 0 Å². The second-order valence-electron chi connectivity index (χ2n) is 8.33. The third-order valence-electron chi connectivity index (χ3n) is 6.18. The monoisotopic (exact) mass is 427 g/mol. The van der Waals surface area contributed by atoms with Gasteiger partial charge in [-0.2, -0.15) is 4.39 Å². The molecule has 0 aliphatic heterocycles. The third kappa shape index (κ3) is 3.73. The molecule has 4 rings (SSSR count). The highest BCUT2D eigenvalue weighted by molar-refractivity contribution is 7.96. The highest BCUT2D eigenvalue weighted by Gasteiger charge is 2.56. The van der Waals surface area contributed by atoms with Crippen LogP contribution >= 0.6 is 7.26 Å². The van der Waals surface area contributed by atoms with Crippen molar-refractivity contribution >= 4 is 23.2 Å². The van der Waals surface area contributed by atoms with E-state index in [2.05, 4.69) is 75.4 Å². The minimum absolute atomic E-state index is 0.744. The van der Waals surface area contributed by atoms with Crippen molar-refractivity contribution in [3.63, 3.8) is 0 Å². The Balaban J connectivity index is 2.17. The van der Waals surface area contributed by atoms with Crippen LogP contribution in [0.4, 0.5) is 4.39 Å². The van der Waals surface area contributed by atoms with Crippen LogP contribution < -0.4 is 15.9 Å². The fourth-order valence-electron chi connectivity index (χ4n) is 4.58. The molecule has 0 aromatic heterocycles. The Labute approximate surface area is 186 Å². The van der Waals surface area contributed by atoms with E-state index < -0.39 is 13.2 Å². The maximum Gasteiger partial charge on any atom is 0.244 e. The molecular weight excluding hydrogens is 398 g/mol. The molecule has 0 bridgehead atoms. The van der Waals surface area contributed by atoms with Crippen molar-refractivity contribution in [1.29, 1.82) is 0 Å². The molecular formula is C29H29FP+. The van der Waals surface area contributed by atoms with Crippen molar-refractivity contribution in [2.24, 2.45) is 0 Å². The molecule has 0 aliphatic rings. The van der Waals surface area contributed by atoms with Crippen LogP contribution in [0.2, 0.25) is 0 Å². The maximum atomic E-state index is 17.2. The van der Waals surface area contributed by atoms with Gasteiger partial charge < -0.3 is 0 Å². The molecule has 31 heavy (non-hydrogen) atoms. The lowest BCUT2D eigenvalue weighted by molar-refractivity contribution is 0.461. The van der Waals surface area contributed by atoms with E-state index in [1.165, 1.54) is 0 Å². The molecule has 0 radical (unpaired) electrons. The van der Waals surface area contributed by atoms with Gasteiger partial charge in [0.1, 0.15) is 15.9 Å². The summed E-state index contributed by atoms with van der Waals surface area (Å²) in [5.41, 5.74) is 5.29. The Bertz CT molecular complexity index is 1080. The van der Waals surface area contributed by atoms with Gasteiger partial charge in [0, 0.05) is 5.56 Å². The predicted octanol–water partition coefficient (Wildman–Crippen LogP) is 6.88. The van der Waals surface area contributed by atoms with Gasteiger partial charge in [0.2, 0.25) is 5.91 Å². The van der Waals surface area contributed by atoms with Crippen molar-refractivity contribution in [1.82, 2.24) is 0 Å². The van der Waals surface area contributed by atoms with Gasteiger partial charge in [-0.05, 0) is 62.6 Å². The first kappa shape index (κ1) is 21.5. The normalized spacial score (nSPS) is 12.5. The number of aryl methyl sites for hydroxylation is 4. The summed E-state index contributed by atoms with van der Waals surface area (Å²) in [6.07, 6.45) is 0. The van der Waals surface area contributed by atoms with Gasteiger partial charge in [-0.1, -0.05) is 84.4 Å². The zero-order valence-corrected chi connectivity index (χ0v) is 19.5. The fourth-order valence-corrected chi connectivity index (χ4v) is 9.57. The van der Waals surface area contributed by atoms with E-state index in [0.29, 0.717) is 0 Å². The molecule has 2 heteroatoms. The molecule has 4 aromatic rings. The predicted molar refractivity (Wildman–Crippen MR) is 134 cm³/mol. The van der Waals surface area contributed by atoms with E-state index in [9.17, 15) is 0 Å². The van der Waals surface area contributed by atoms with Crippen molar-refractivity contribution in [2.45, 2.75) is 33.6 Å². The van der Waals surface area contributed by atoms with Crippen molar-refractivity contribution < 1.29 is 4.39 Å². The highest BCUT2D eigenvalue weighted by atomic mass is 31.2. The standard InChI is InChI=1S/C29H29FP/c1-21-17-19-25(20-18-21)29(30)31(26-14-8-5-11-22(26)2,27-15-9-6-12-23(27)3)28-16-10-7-13-24(28)4/h5-20,29H,1-4H3/q+1/t29-/m1/s1. The van der Waals surface area contributed by atoms with Crippen LogP contribution in [0.3, 0.4) is 0 Å². The Kier molecular flexibility index (Phi) is 6.08. The van der Waals surface area contributed by atoms with Gasteiger partial charge in [-0.15, -0.1) is 0 Å².